The molecule has 0 aliphatic rings. The molecular weight excluding hydrogens is 424 g/mol. The molecule has 34 heavy (non-hydrogen) atoms. The van der Waals surface area contributed by atoms with Crippen molar-refractivity contribution in [2.24, 2.45) is 0 Å². The Bertz CT molecular complexity index is 873. The number of carbonyl (C=O) groups excluding carboxylic acids is 1. The molecule has 1 N–H and O–H groups in total. The molecule has 186 valence electrons. The van der Waals surface area contributed by atoms with Crippen LogP contribution in [0.15, 0.2) is 42.5 Å². The van der Waals surface area contributed by atoms with Gasteiger partial charge in [-0.05, 0) is 55.0 Å². The standard InChI is InChI=1S/C30H42O4/c1-3-5-7-9-11-14-18-24-22-25(19-15-12-10-8-6-4-2)28(27(23-24)29(31)32)30(33)34-26-20-16-13-17-21-26/h13,16-17,20-23H,3-12,14-15,18-19H2,1-2H3,(H,31,32). The zero-order chi connectivity index (χ0) is 24.6. The molecule has 0 aliphatic carbocycles. The number of ether oxygens (including phenoxy) is 1. The topological polar surface area (TPSA) is 63.6 Å². The van der Waals surface area contributed by atoms with Gasteiger partial charge in [0.25, 0.3) is 0 Å². The first-order valence-corrected chi connectivity index (χ1v) is 13.2. The summed E-state index contributed by atoms with van der Waals surface area (Å²) in [5.74, 6) is -1.24. The van der Waals surface area contributed by atoms with Gasteiger partial charge in [0.05, 0.1) is 11.1 Å². The van der Waals surface area contributed by atoms with E-state index in [1.165, 1.54) is 51.4 Å². The Hall–Kier alpha value is -2.62. The van der Waals surface area contributed by atoms with Crippen LogP contribution in [0.25, 0.3) is 0 Å². The second-order valence-electron chi connectivity index (χ2n) is 9.22. The molecule has 0 saturated carbocycles. The van der Waals surface area contributed by atoms with Gasteiger partial charge in [0.15, 0.2) is 0 Å². The van der Waals surface area contributed by atoms with Gasteiger partial charge < -0.3 is 9.84 Å². The van der Waals surface area contributed by atoms with Crippen molar-refractivity contribution in [1.82, 2.24) is 0 Å². The molecule has 4 nitrogen and oxygen atoms in total. The second-order valence-corrected chi connectivity index (χ2v) is 9.22. The normalized spacial score (nSPS) is 10.9. The van der Waals surface area contributed by atoms with Crippen LogP contribution < -0.4 is 4.74 Å². The van der Waals surface area contributed by atoms with Crippen LogP contribution in [0.2, 0.25) is 0 Å². The van der Waals surface area contributed by atoms with Crippen LogP contribution in [0.5, 0.6) is 5.75 Å². The second kappa shape index (κ2) is 16.1. The molecule has 0 aromatic heterocycles. The Morgan fingerprint density at radius 1 is 0.735 bits per heavy atom. The molecule has 0 bridgehead atoms. The molecule has 2 aromatic rings. The third-order valence-corrected chi connectivity index (χ3v) is 6.29. The van der Waals surface area contributed by atoms with Crippen LogP contribution >= 0.6 is 0 Å². The predicted molar refractivity (Wildman–Crippen MR) is 139 cm³/mol. The van der Waals surface area contributed by atoms with Gasteiger partial charge in [-0.2, -0.15) is 0 Å². The maximum absolute atomic E-state index is 13.1. The molecule has 0 saturated heterocycles. The monoisotopic (exact) mass is 466 g/mol. The number of benzene rings is 2. The number of carbonyl (C=O) groups is 2. The van der Waals surface area contributed by atoms with Gasteiger partial charge in [0.2, 0.25) is 0 Å². The van der Waals surface area contributed by atoms with Crippen molar-refractivity contribution in [3.8, 4) is 5.75 Å². The molecule has 2 rings (SSSR count). The minimum Gasteiger partial charge on any atom is -0.478 e. The minimum atomic E-state index is -1.07. The smallest absolute Gasteiger partial charge is 0.344 e. The third-order valence-electron chi connectivity index (χ3n) is 6.29. The van der Waals surface area contributed by atoms with Crippen LogP contribution in [0, 0.1) is 0 Å². The predicted octanol–water partition coefficient (Wildman–Crippen LogP) is 8.41. The summed E-state index contributed by atoms with van der Waals surface area (Å²) in [6.07, 6.45) is 15.5. The Balaban J connectivity index is 2.20. The van der Waals surface area contributed by atoms with E-state index in [-0.39, 0.29) is 11.1 Å². The van der Waals surface area contributed by atoms with Gasteiger partial charge in [-0.15, -0.1) is 0 Å². The lowest BCUT2D eigenvalue weighted by molar-refractivity contribution is 0.0667. The molecular formula is C30H42O4. The van der Waals surface area contributed by atoms with E-state index in [9.17, 15) is 14.7 Å². The summed E-state index contributed by atoms with van der Waals surface area (Å²) in [5.41, 5.74) is 2.07. The SMILES string of the molecule is CCCCCCCCc1cc(CCCCCCCC)c(C(=O)Oc2ccccc2)c(C(=O)O)c1. The number of para-hydroxylation sites is 1. The third kappa shape index (κ3) is 9.70. The van der Waals surface area contributed by atoms with Gasteiger partial charge in [0.1, 0.15) is 5.75 Å². The van der Waals surface area contributed by atoms with Gasteiger partial charge in [-0.3, -0.25) is 0 Å². The maximum atomic E-state index is 13.1. The molecule has 2 aromatic carbocycles. The fraction of sp³-hybridized carbons (Fsp3) is 0.533. The highest BCUT2D eigenvalue weighted by Crippen LogP contribution is 2.25. The van der Waals surface area contributed by atoms with Crippen molar-refractivity contribution in [3.05, 3.63) is 64.7 Å². The van der Waals surface area contributed by atoms with E-state index in [4.69, 9.17) is 4.74 Å². The molecule has 0 atom stereocenters. The zero-order valence-corrected chi connectivity index (χ0v) is 21.1. The minimum absolute atomic E-state index is 0.0606. The highest BCUT2D eigenvalue weighted by Gasteiger charge is 2.23. The summed E-state index contributed by atoms with van der Waals surface area (Å²) in [6, 6.07) is 12.6. The Morgan fingerprint density at radius 2 is 1.29 bits per heavy atom. The Morgan fingerprint density at radius 3 is 1.88 bits per heavy atom. The molecule has 0 spiro atoms. The Labute approximate surface area is 205 Å². The number of hydrogen-bond donors (Lipinski definition) is 1. The highest BCUT2D eigenvalue weighted by molar-refractivity contribution is 6.04. The summed E-state index contributed by atoms with van der Waals surface area (Å²) in [7, 11) is 0. The largest absolute Gasteiger partial charge is 0.478 e. The first-order chi connectivity index (χ1) is 16.6. The van der Waals surface area contributed by atoms with Crippen LogP contribution in [-0.4, -0.2) is 17.0 Å². The molecule has 0 aliphatic heterocycles. The van der Waals surface area contributed by atoms with E-state index in [0.29, 0.717) is 12.2 Å². The van der Waals surface area contributed by atoms with Crippen LogP contribution in [0.4, 0.5) is 0 Å². The average molecular weight is 467 g/mol. The fourth-order valence-electron chi connectivity index (χ4n) is 4.37. The molecule has 4 heteroatoms. The van der Waals surface area contributed by atoms with Gasteiger partial charge in [-0.25, -0.2) is 9.59 Å². The Kier molecular flexibility index (Phi) is 13.1. The number of rotatable bonds is 17. The molecule has 0 amide bonds. The van der Waals surface area contributed by atoms with E-state index in [0.717, 1.165) is 43.2 Å². The van der Waals surface area contributed by atoms with Crippen LogP contribution in [-0.2, 0) is 12.8 Å². The quantitative estimate of drug-likeness (QED) is 0.144. The average Bonchev–Trinajstić information content (AvgIpc) is 2.83. The van der Waals surface area contributed by atoms with E-state index in [1.54, 1.807) is 30.3 Å². The van der Waals surface area contributed by atoms with E-state index < -0.39 is 11.9 Å². The summed E-state index contributed by atoms with van der Waals surface area (Å²) in [4.78, 5) is 25.3. The first kappa shape index (κ1) is 27.6. The zero-order valence-electron chi connectivity index (χ0n) is 21.1. The molecule has 0 heterocycles. The van der Waals surface area contributed by atoms with E-state index in [2.05, 4.69) is 13.8 Å². The molecule has 0 radical (unpaired) electrons. The summed E-state index contributed by atoms with van der Waals surface area (Å²) in [5, 5.41) is 9.96. The number of esters is 1. The summed E-state index contributed by atoms with van der Waals surface area (Å²) >= 11 is 0. The van der Waals surface area contributed by atoms with Gasteiger partial charge >= 0.3 is 11.9 Å². The number of aromatic carboxylic acids is 1. The summed E-state index contributed by atoms with van der Waals surface area (Å²) < 4.78 is 5.56. The van der Waals surface area contributed by atoms with Crippen molar-refractivity contribution in [2.75, 3.05) is 0 Å². The number of unbranched alkanes of at least 4 members (excludes halogenated alkanes) is 10. The number of carboxylic acid groups (broad SMARTS) is 1. The first-order valence-electron chi connectivity index (χ1n) is 13.2. The van der Waals surface area contributed by atoms with Crippen molar-refractivity contribution in [2.45, 2.75) is 104 Å². The van der Waals surface area contributed by atoms with Crippen molar-refractivity contribution in [3.63, 3.8) is 0 Å². The lowest BCUT2D eigenvalue weighted by Crippen LogP contribution is -2.18. The van der Waals surface area contributed by atoms with Gasteiger partial charge in [0, 0.05) is 0 Å². The summed E-state index contributed by atoms with van der Waals surface area (Å²) in [6.45, 7) is 4.41. The van der Waals surface area contributed by atoms with Crippen molar-refractivity contribution >= 4 is 11.9 Å². The van der Waals surface area contributed by atoms with Crippen LogP contribution in [0.3, 0.4) is 0 Å². The van der Waals surface area contributed by atoms with Crippen molar-refractivity contribution < 1.29 is 19.4 Å². The number of hydrogen-bond acceptors (Lipinski definition) is 3. The fourth-order valence-corrected chi connectivity index (χ4v) is 4.37. The van der Waals surface area contributed by atoms with Gasteiger partial charge in [-0.1, -0.05) is 102 Å². The number of aryl methyl sites for hydroxylation is 2. The lowest BCUT2D eigenvalue weighted by Gasteiger charge is -2.15. The van der Waals surface area contributed by atoms with Crippen molar-refractivity contribution in [1.29, 1.82) is 0 Å². The van der Waals surface area contributed by atoms with E-state index in [1.807, 2.05) is 12.1 Å². The number of carboxylic acids is 1. The molecule has 0 fully saturated rings. The lowest BCUT2D eigenvalue weighted by atomic mass is 9.91. The molecule has 0 unspecified atom stereocenters. The van der Waals surface area contributed by atoms with E-state index >= 15 is 0 Å². The van der Waals surface area contributed by atoms with Crippen LogP contribution in [0.1, 0.15) is 123 Å². The maximum Gasteiger partial charge on any atom is 0.344 e. The highest BCUT2D eigenvalue weighted by atomic mass is 16.5.